The molecule has 0 saturated carbocycles. The quantitative estimate of drug-likeness (QED) is 0.385. The Kier molecular flexibility index (Phi) is 1.65. The van der Waals surface area contributed by atoms with Gasteiger partial charge in [-0.1, -0.05) is 0 Å². The van der Waals surface area contributed by atoms with Crippen molar-refractivity contribution >= 4 is 5.94 Å². The lowest BCUT2D eigenvalue weighted by atomic mass is 10.6. The van der Waals surface area contributed by atoms with Gasteiger partial charge in [-0.25, -0.2) is 4.79 Å². The average molecular weight is 126 g/mol. The molecular weight excluding hydrogens is 125 g/mol. The zero-order valence-electron chi connectivity index (χ0n) is 3.49. The van der Waals surface area contributed by atoms with Crippen molar-refractivity contribution in [1.82, 2.24) is 0 Å². The summed E-state index contributed by atoms with van der Waals surface area (Å²) < 4.78 is 32.7. The van der Waals surface area contributed by atoms with Gasteiger partial charge in [-0.3, -0.25) is 0 Å². The first-order chi connectivity index (χ1) is 3.48. The van der Waals surface area contributed by atoms with Crippen LogP contribution in [0.1, 0.15) is 0 Å². The van der Waals surface area contributed by atoms with Crippen LogP contribution in [0.15, 0.2) is 5.76 Å². The molecule has 0 fully saturated rings. The van der Waals surface area contributed by atoms with Gasteiger partial charge in [0.25, 0.3) is 5.76 Å². The van der Waals surface area contributed by atoms with E-state index in [9.17, 15) is 13.2 Å². The summed E-state index contributed by atoms with van der Waals surface area (Å²) in [7, 11) is 0. The molecule has 0 aromatic carbocycles. The van der Waals surface area contributed by atoms with Crippen LogP contribution < -0.4 is 0 Å². The van der Waals surface area contributed by atoms with Gasteiger partial charge in [0.15, 0.2) is 5.94 Å². The predicted octanol–water partition coefficient (Wildman–Crippen LogP) is 0.822. The van der Waals surface area contributed by atoms with Crippen LogP contribution >= 0.6 is 0 Å². The lowest BCUT2D eigenvalue weighted by Gasteiger charge is -1.97. The monoisotopic (exact) mass is 126 g/mol. The molecule has 0 atom stereocenters. The SMILES string of the molecule is O=C=C(O)C(F)(F)F. The van der Waals surface area contributed by atoms with Crippen LogP contribution in [0.2, 0.25) is 0 Å². The van der Waals surface area contributed by atoms with Crippen molar-refractivity contribution in [1.29, 1.82) is 0 Å². The first-order valence-corrected chi connectivity index (χ1v) is 1.49. The van der Waals surface area contributed by atoms with Crippen LogP contribution in [0.25, 0.3) is 0 Å². The van der Waals surface area contributed by atoms with E-state index in [1.165, 1.54) is 0 Å². The molecule has 1 N–H and O–H groups in total. The smallest absolute Gasteiger partial charge is 0.460 e. The molecule has 0 unspecified atom stereocenters. The predicted molar refractivity (Wildman–Crippen MR) is 17.9 cm³/mol. The van der Waals surface area contributed by atoms with E-state index in [1.807, 2.05) is 0 Å². The van der Waals surface area contributed by atoms with Crippen LogP contribution in [0.3, 0.4) is 0 Å². The second kappa shape index (κ2) is 1.88. The topological polar surface area (TPSA) is 37.3 Å². The van der Waals surface area contributed by atoms with E-state index in [4.69, 9.17) is 9.90 Å². The summed E-state index contributed by atoms with van der Waals surface area (Å²) in [6, 6.07) is 0. The third-order valence-corrected chi connectivity index (χ3v) is 0.365. The minimum absolute atomic E-state index is 0.302. The number of carbonyl (C=O) groups excluding carboxylic acids is 1. The van der Waals surface area contributed by atoms with Gasteiger partial charge in [0.2, 0.25) is 0 Å². The molecular formula is C3HF3O2. The van der Waals surface area contributed by atoms with Crippen LogP contribution in [0, 0.1) is 0 Å². The Morgan fingerprint density at radius 2 is 1.88 bits per heavy atom. The van der Waals surface area contributed by atoms with Gasteiger partial charge in [0, 0.05) is 0 Å². The Balaban J connectivity index is 4.26. The Hall–Kier alpha value is -0.960. The summed E-state index contributed by atoms with van der Waals surface area (Å²) in [4.78, 5) is 9.02. The molecule has 0 aromatic rings. The third kappa shape index (κ3) is 1.66. The Morgan fingerprint density at radius 1 is 1.50 bits per heavy atom. The van der Waals surface area contributed by atoms with Crippen molar-refractivity contribution in [2.75, 3.05) is 0 Å². The minimum Gasteiger partial charge on any atom is -0.496 e. The number of rotatable bonds is 0. The van der Waals surface area contributed by atoms with Crippen molar-refractivity contribution in [2.24, 2.45) is 0 Å². The third-order valence-electron chi connectivity index (χ3n) is 0.365. The van der Waals surface area contributed by atoms with Gasteiger partial charge in [-0.15, -0.1) is 0 Å². The molecule has 2 nitrogen and oxygen atoms in total. The number of aliphatic hydroxyl groups excluding tert-OH is 1. The largest absolute Gasteiger partial charge is 0.496 e. The number of alkyl halides is 3. The molecule has 0 bridgehead atoms. The second-order valence-corrected chi connectivity index (χ2v) is 0.948. The molecule has 0 amide bonds. The van der Waals surface area contributed by atoms with Crippen LogP contribution in [0.5, 0.6) is 0 Å². The molecule has 0 aliphatic carbocycles. The lowest BCUT2D eigenvalue weighted by molar-refractivity contribution is -0.118. The first kappa shape index (κ1) is 7.04. The molecule has 0 aromatic heterocycles. The number of aliphatic hydroxyl groups is 1. The Labute approximate surface area is 42.2 Å². The normalized spacial score (nSPS) is 10.4. The number of allylic oxidation sites excluding steroid dienone is 1. The van der Waals surface area contributed by atoms with Crippen molar-refractivity contribution in [3.63, 3.8) is 0 Å². The molecule has 0 aliphatic rings. The van der Waals surface area contributed by atoms with Gasteiger partial charge in [-0.05, 0) is 0 Å². The van der Waals surface area contributed by atoms with Gasteiger partial charge in [0.05, 0.1) is 0 Å². The van der Waals surface area contributed by atoms with Crippen molar-refractivity contribution in [3.05, 3.63) is 5.76 Å². The molecule has 0 radical (unpaired) electrons. The van der Waals surface area contributed by atoms with E-state index in [0.29, 0.717) is 5.94 Å². The highest BCUT2D eigenvalue weighted by atomic mass is 19.4. The minimum atomic E-state index is -4.94. The van der Waals surface area contributed by atoms with Gasteiger partial charge < -0.3 is 5.11 Å². The van der Waals surface area contributed by atoms with E-state index < -0.39 is 11.9 Å². The summed E-state index contributed by atoms with van der Waals surface area (Å²) >= 11 is 0. The summed E-state index contributed by atoms with van der Waals surface area (Å²) in [5.74, 6) is -1.92. The average Bonchev–Trinajstić information content (AvgIpc) is 1.62. The summed E-state index contributed by atoms with van der Waals surface area (Å²) in [5, 5.41) is 7.56. The van der Waals surface area contributed by atoms with Gasteiger partial charge >= 0.3 is 6.18 Å². The van der Waals surface area contributed by atoms with Crippen molar-refractivity contribution < 1.29 is 23.1 Å². The van der Waals surface area contributed by atoms with E-state index in [0.717, 1.165) is 0 Å². The first-order valence-electron chi connectivity index (χ1n) is 1.49. The molecule has 8 heavy (non-hydrogen) atoms. The molecule has 0 saturated heterocycles. The van der Waals surface area contributed by atoms with Crippen molar-refractivity contribution in [3.8, 4) is 0 Å². The molecule has 0 aliphatic heterocycles. The summed E-state index contributed by atoms with van der Waals surface area (Å²) in [6.45, 7) is 0. The van der Waals surface area contributed by atoms with E-state index in [-0.39, 0.29) is 0 Å². The van der Waals surface area contributed by atoms with Gasteiger partial charge in [0.1, 0.15) is 0 Å². The Morgan fingerprint density at radius 3 is 1.88 bits per heavy atom. The fourth-order valence-corrected chi connectivity index (χ4v) is 0.0579. The van der Waals surface area contributed by atoms with Crippen LogP contribution in [-0.2, 0) is 4.79 Å². The molecule has 5 heteroatoms. The molecule has 0 heterocycles. The molecule has 0 rings (SSSR count). The van der Waals surface area contributed by atoms with Crippen LogP contribution in [0.4, 0.5) is 13.2 Å². The zero-order valence-corrected chi connectivity index (χ0v) is 3.49. The maximum Gasteiger partial charge on any atom is 0.460 e. The van der Waals surface area contributed by atoms with Crippen molar-refractivity contribution in [2.45, 2.75) is 6.18 Å². The molecule has 0 spiro atoms. The zero-order chi connectivity index (χ0) is 6.78. The highest BCUT2D eigenvalue weighted by Gasteiger charge is 2.35. The maximum absolute atomic E-state index is 10.9. The number of hydrogen-bond acceptors (Lipinski definition) is 2. The van der Waals surface area contributed by atoms with Crippen LogP contribution in [-0.4, -0.2) is 17.2 Å². The highest BCUT2D eigenvalue weighted by molar-refractivity contribution is 5.50. The number of halogens is 3. The highest BCUT2D eigenvalue weighted by Crippen LogP contribution is 2.20. The lowest BCUT2D eigenvalue weighted by Crippen LogP contribution is -2.11. The summed E-state index contributed by atoms with van der Waals surface area (Å²) in [5.41, 5.74) is 0. The fraction of sp³-hybridized carbons (Fsp3) is 0.333. The van der Waals surface area contributed by atoms with E-state index in [1.54, 1.807) is 0 Å². The second-order valence-electron chi connectivity index (χ2n) is 0.948. The standard InChI is InChI=1S/C3HF3O2/c4-3(5,6)2(8)1-7/h8H. The molecule has 46 valence electrons. The Bertz CT molecular complexity index is 130. The fourth-order valence-electron chi connectivity index (χ4n) is 0.0579. The van der Waals surface area contributed by atoms with E-state index >= 15 is 0 Å². The van der Waals surface area contributed by atoms with E-state index in [2.05, 4.69) is 0 Å². The maximum atomic E-state index is 10.9. The summed E-state index contributed by atoms with van der Waals surface area (Å²) in [6.07, 6.45) is -4.94. The van der Waals surface area contributed by atoms with Gasteiger partial charge in [-0.2, -0.15) is 13.2 Å². The number of hydrogen-bond donors (Lipinski definition) is 1.